The third-order valence-electron chi connectivity index (χ3n) is 3.41. The molecule has 0 unspecified atom stereocenters. The Bertz CT molecular complexity index is 397. The molecule has 0 saturated carbocycles. The molecule has 1 aliphatic heterocycles. The van der Waals surface area contributed by atoms with Gasteiger partial charge in [0.2, 0.25) is 10.0 Å². The quantitative estimate of drug-likeness (QED) is 0.745. The first-order valence-corrected chi connectivity index (χ1v) is 7.91. The van der Waals surface area contributed by atoms with Gasteiger partial charge in [-0.15, -0.1) is 0 Å². The number of nitrogens with one attached hydrogen (secondary N) is 1. The van der Waals surface area contributed by atoms with Crippen molar-refractivity contribution in [2.24, 2.45) is 5.92 Å². The predicted molar refractivity (Wildman–Crippen MR) is 68.9 cm³/mol. The minimum Gasteiger partial charge on any atom is -0.480 e. The van der Waals surface area contributed by atoms with Crippen molar-refractivity contribution in [1.29, 1.82) is 0 Å². The van der Waals surface area contributed by atoms with E-state index in [1.54, 1.807) is 13.8 Å². The number of sulfonamides is 1. The molecule has 0 aromatic carbocycles. The molecule has 6 nitrogen and oxygen atoms in total. The van der Waals surface area contributed by atoms with E-state index in [0.29, 0.717) is 25.6 Å². The summed E-state index contributed by atoms with van der Waals surface area (Å²) in [5.41, 5.74) is -0.937. The third-order valence-corrected chi connectivity index (χ3v) is 4.71. The molecule has 1 aliphatic rings. The smallest absolute Gasteiger partial charge is 0.323 e. The van der Waals surface area contributed by atoms with E-state index in [0.717, 1.165) is 12.8 Å². The molecule has 0 spiro atoms. The summed E-state index contributed by atoms with van der Waals surface area (Å²) in [6.07, 6.45) is 2.77. The SMILES string of the molecule is CC(C)(NCC1CCN(S(C)(=O)=O)CC1)C(=O)O. The third kappa shape index (κ3) is 4.22. The molecular weight excluding hydrogens is 256 g/mol. The molecule has 2 N–H and O–H groups in total. The Kier molecular flexibility index (Phi) is 4.74. The van der Waals surface area contributed by atoms with Crippen LogP contribution in [0.4, 0.5) is 0 Å². The van der Waals surface area contributed by atoms with Gasteiger partial charge in [0.1, 0.15) is 5.54 Å². The van der Waals surface area contributed by atoms with Crippen LogP contribution in [0, 0.1) is 5.92 Å². The fourth-order valence-corrected chi connectivity index (χ4v) is 2.79. The van der Waals surface area contributed by atoms with Crippen LogP contribution in [0.5, 0.6) is 0 Å². The second-order valence-electron chi connectivity index (χ2n) is 5.42. The standard InChI is InChI=1S/C11H22N2O4S/c1-11(2,10(14)15)12-8-9-4-6-13(7-5-9)18(3,16)17/h9,12H,4-8H2,1-3H3,(H,14,15). The van der Waals surface area contributed by atoms with Crippen molar-refractivity contribution in [3.8, 4) is 0 Å². The van der Waals surface area contributed by atoms with Crippen molar-refractivity contribution in [1.82, 2.24) is 9.62 Å². The summed E-state index contributed by atoms with van der Waals surface area (Å²) < 4.78 is 24.1. The van der Waals surface area contributed by atoms with Crippen LogP contribution in [0.2, 0.25) is 0 Å². The lowest BCUT2D eigenvalue weighted by Crippen LogP contribution is -2.49. The van der Waals surface area contributed by atoms with Crippen LogP contribution >= 0.6 is 0 Å². The molecule has 1 rings (SSSR count). The van der Waals surface area contributed by atoms with Gasteiger partial charge in [-0.3, -0.25) is 4.79 Å². The number of hydrogen-bond donors (Lipinski definition) is 2. The van der Waals surface area contributed by atoms with E-state index in [1.165, 1.54) is 10.6 Å². The lowest BCUT2D eigenvalue weighted by Gasteiger charge is -2.32. The second-order valence-corrected chi connectivity index (χ2v) is 7.40. The molecule has 106 valence electrons. The fourth-order valence-electron chi connectivity index (χ4n) is 1.92. The maximum atomic E-state index is 11.3. The Labute approximate surface area is 108 Å². The Morgan fingerprint density at radius 2 is 1.89 bits per heavy atom. The zero-order valence-corrected chi connectivity index (χ0v) is 12.0. The summed E-state index contributed by atoms with van der Waals surface area (Å²) in [7, 11) is -3.09. The van der Waals surface area contributed by atoms with Crippen LogP contribution in [0.1, 0.15) is 26.7 Å². The van der Waals surface area contributed by atoms with Gasteiger partial charge in [0.05, 0.1) is 6.26 Å². The van der Waals surface area contributed by atoms with Gasteiger partial charge < -0.3 is 10.4 Å². The molecule has 1 fully saturated rings. The van der Waals surface area contributed by atoms with E-state index in [9.17, 15) is 13.2 Å². The number of nitrogens with zero attached hydrogens (tertiary/aromatic N) is 1. The van der Waals surface area contributed by atoms with Crippen molar-refractivity contribution in [2.75, 3.05) is 25.9 Å². The van der Waals surface area contributed by atoms with E-state index in [4.69, 9.17) is 5.11 Å². The zero-order valence-electron chi connectivity index (χ0n) is 11.1. The summed E-state index contributed by atoms with van der Waals surface area (Å²) >= 11 is 0. The predicted octanol–water partition coefficient (Wildman–Crippen LogP) is 0.111. The maximum Gasteiger partial charge on any atom is 0.323 e. The molecule has 0 atom stereocenters. The lowest BCUT2D eigenvalue weighted by atomic mass is 9.96. The monoisotopic (exact) mass is 278 g/mol. The van der Waals surface area contributed by atoms with Gasteiger partial charge in [0.15, 0.2) is 0 Å². The van der Waals surface area contributed by atoms with Crippen molar-refractivity contribution < 1.29 is 18.3 Å². The lowest BCUT2D eigenvalue weighted by molar-refractivity contribution is -0.143. The highest BCUT2D eigenvalue weighted by Gasteiger charge is 2.29. The van der Waals surface area contributed by atoms with Crippen LogP contribution in [0.25, 0.3) is 0 Å². The normalized spacial score (nSPS) is 19.9. The first-order chi connectivity index (χ1) is 8.13. The number of rotatable bonds is 5. The minimum absolute atomic E-state index is 0.335. The van der Waals surface area contributed by atoms with Gasteiger partial charge in [-0.2, -0.15) is 0 Å². The van der Waals surface area contributed by atoms with Crippen molar-refractivity contribution in [3.63, 3.8) is 0 Å². The number of piperidine rings is 1. The first kappa shape index (κ1) is 15.4. The van der Waals surface area contributed by atoms with E-state index < -0.39 is 21.5 Å². The van der Waals surface area contributed by atoms with Crippen molar-refractivity contribution in [3.05, 3.63) is 0 Å². The number of carbonyl (C=O) groups is 1. The minimum atomic E-state index is -3.09. The molecule has 0 aromatic rings. The van der Waals surface area contributed by atoms with Gasteiger partial charge in [-0.1, -0.05) is 0 Å². The molecule has 0 amide bonds. The molecular formula is C11H22N2O4S. The Hall–Kier alpha value is -0.660. The number of carboxylic acid groups (broad SMARTS) is 1. The Balaban J connectivity index is 2.39. The second kappa shape index (κ2) is 5.54. The van der Waals surface area contributed by atoms with Crippen LogP contribution in [0.15, 0.2) is 0 Å². The molecule has 7 heteroatoms. The van der Waals surface area contributed by atoms with Crippen LogP contribution in [-0.4, -0.2) is 55.2 Å². The van der Waals surface area contributed by atoms with Crippen LogP contribution in [-0.2, 0) is 14.8 Å². The average Bonchev–Trinajstić information content (AvgIpc) is 2.25. The zero-order chi connectivity index (χ0) is 14.0. The first-order valence-electron chi connectivity index (χ1n) is 6.06. The molecule has 0 radical (unpaired) electrons. The molecule has 0 aromatic heterocycles. The van der Waals surface area contributed by atoms with Gasteiger partial charge >= 0.3 is 5.97 Å². The number of aliphatic carboxylic acids is 1. The number of carboxylic acids is 1. The molecule has 1 saturated heterocycles. The van der Waals surface area contributed by atoms with Gasteiger partial charge in [0.25, 0.3) is 0 Å². The van der Waals surface area contributed by atoms with E-state index >= 15 is 0 Å². The van der Waals surface area contributed by atoms with Crippen molar-refractivity contribution in [2.45, 2.75) is 32.2 Å². The van der Waals surface area contributed by atoms with Crippen molar-refractivity contribution >= 4 is 16.0 Å². The molecule has 1 heterocycles. The van der Waals surface area contributed by atoms with Crippen LogP contribution in [0.3, 0.4) is 0 Å². The van der Waals surface area contributed by atoms with E-state index in [-0.39, 0.29) is 0 Å². The highest BCUT2D eigenvalue weighted by atomic mass is 32.2. The fraction of sp³-hybridized carbons (Fsp3) is 0.909. The summed E-state index contributed by atoms with van der Waals surface area (Å²) in [5, 5.41) is 12.0. The molecule has 0 bridgehead atoms. The highest BCUT2D eigenvalue weighted by Crippen LogP contribution is 2.19. The molecule has 0 aliphatic carbocycles. The van der Waals surface area contributed by atoms with Crippen LogP contribution < -0.4 is 5.32 Å². The Morgan fingerprint density at radius 1 is 1.39 bits per heavy atom. The topological polar surface area (TPSA) is 86.7 Å². The Morgan fingerprint density at radius 3 is 2.28 bits per heavy atom. The van der Waals surface area contributed by atoms with Gasteiger partial charge in [-0.05, 0) is 39.2 Å². The van der Waals surface area contributed by atoms with Gasteiger partial charge in [0, 0.05) is 13.1 Å². The van der Waals surface area contributed by atoms with Gasteiger partial charge in [-0.25, -0.2) is 12.7 Å². The largest absolute Gasteiger partial charge is 0.480 e. The highest BCUT2D eigenvalue weighted by molar-refractivity contribution is 7.88. The van der Waals surface area contributed by atoms with E-state index in [1.807, 2.05) is 0 Å². The summed E-state index contributed by atoms with van der Waals surface area (Å²) in [6, 6.07) is 0. The summed E-state index contributed by atoms with van der Waals surface area (Å²) in [6.45, 7) is 4.91. The molecule has 18 heavy (non-hydrogen) atoms. The average molecular weight is 278 g/mol. The van der Waals surface area contributed by atoms with E-state index in [2.05, 4.69) is 5.32 Å². The summed E-state index contributed by atoms with van der Waals surface area (Å²) in [4.78, 5) is 10.9. The maximum absolute atomic E-state index is 11.3. The number of hydrogen-bond acceptors (Lipinski definition) is 4. The summed E-state index contributed by atoms with van der Waals surface area (Å²) in [5.74, 6) is -0.544.